The van der Waals surface area contributed by atoms with Crippen molar-refractivity contribution in [3.8, 4) is 0 Å². The first-order chi connectivity index (χ1) is 11.1. The van der Waals surface area contributed by atoms with Crippen LogP contribution in [0.5, 0.6) is 0 Å². The highest BCUT2D eigenvalue weighted by Crippen LogP contribution is 2.15. The second-order valence-electron chi connectivity index (χ2n) is 5.85. The van der Waals surface area contributed by atoms with Gasteiger partial charge in [-0.15, -0.1) is 0 Å². The van der Waals surface area contributed by atoms with E-state index in [2.05, 4.69) is 6.92 Å². The number of unbranched alkanes of at least 4 members (excludes halogenated alkanes) is 2. The van der Waals surface area contributed by atoms with E-state index in [1.807, 2.05) is 19.1 Å². The van der Waals surface area contributed by atoms with E-state index in [0.29, 0.717) is 19.5 Å². The fourth-order valence-corrected chi connectivity index (χ4v) is 2.49. The maximum Gasteiger partial charge on any atom is 0.223 e. The van der Waals surface area contributed by atoms with Crippen LogP contribution in [0.4, 0.5) is 4.39 Å². The minimum atomic E-state index is -0.267. The molecular formula is C19H24FNO2. The third-order valence-corrected chi connectivity index (χ3v) is 3.78. The number of nitrogens with zero attached hydrogens (tertiary/aromatic N) is 1. The Hall–Kier alpha value is -2.10. The van der Waals surface area contributed by atoms with Crippen molar-refractivity contribution < 1.29 is 13.6 Å². The molecule has 3 nitrogen and oxygen atoms in total. The molecule has 1 aromatic heterocycles. The maximum atomic E-state index is 13.0. The summed E-state index contributed by atoms with van der Waals surface area (Å²) in [6, 6.07) is 10.1. The third-order valence-electron chi connectivity index (χ3n) is 3.78. The molecular weight excluding hydrogens is 293 g/mol. The van der Waals surface area contributed by atoms with Gasteiger partial charge in [-0.2, -0.15) is 0 Å². The Morgan fingerprint density at radius 1 is 1.09 bits per heavy atom. The fraction of sp³-hybridized carbons (Fsp3) is 0.421. The van der Waals surface area contributed by atoms with Gasteiger partial charge in [0.2, 0.25) is 5.91 Å². The van der Waals surface area contributed by atoms with Gasteiger partial charge in [-0.1, -0.05) is 31.9 Å². The highest BCUT2D eigenvalue weighted by molar-refractivity contribution is 5.76. The van der Waals surface area contributed by atoms with Crippen molar-refractivity contribution in [1.29, 1.82) is 0 Å². The molecule has 0 saturated heterocycles. The van der Waals surface area contributed by atoms with Crippen molar-refractivity contribution in [1.82, 2.24) is 4.90 Å². The average molecular weight is 317 g/mol. The van der Waals surface area contributed by atoms with E-state index in [1.165, 1.54) is 12.1 Å². The number of carbonyl (C=O) groups is 1. The smallest absolute Gasteiger partial charge is 0.223 e. The molecule has 0 spiro atoms. The molecule has 4 heteroatoms. The van der Waals surface area contributed by atoms with Crippen molar-refractivity contribution >= 4 is 5.91 Å². The molecule has 0 radical (unpaired) electrons. The van der Waals surface area contributed by atoms with Crippen LogP contribution in [-0.2, 0) is 17.9 Å². The molecule has 1 aromatic carbocycles. The highest BCUT2D eigenvalue weighted by Gasteiger charge is 2.16. The molecule has 2 rings (SSSR count). The molecule has 0 fully saturated rings. The predicted molar refractivity (Wildman–Crippen MR) is 88.2 cm³/mol. The number of hydrogen-bond donors (Lipinski definition) is 0. The molecule has 0 saturated carbocycles. The van der Waals surface area contributed by atoms with Gasteiger partial charge >= 0.3 is 0 Å². The van der Waals surface area contributed by atoms with E-state index in [0.717, 1.165) is 36.3 Å². The summed E-state index contributed by atoms with van der Waals surface area (Å²) in [5.41, 5.74) is 0.915. The van der Waals surface area contributed by atoms with Crippen LogP contribution in [-0.4, -0.2) is 10.8 Å². The van der Waals surface area contributed by atoms with Crippen LogP contribution < -0.4 is 0 Å². The average Bonchev–Trinajstić information content (AvgIpc) is 2.94. The zero-order chi connectivity index (χ0) is 16.7. The monoisotopic (exact) mass is 317 g/mol. The van der Waals surface area contributed by atoms with E-state index < -0.39 is 0 Å². The van der Waals surface area contributed by atoms with E-state index in [4.69, 9.17) is 4.42 Å². The topological polar surface area (TPSA) is 33.5 Å². The normalized spacial score (nSPS) is 10.7. The molecule has 0 aliphatic rings. The molecule has 0 unspecified atom stereocenters. The van der Waals surface area contributed by atoms with Gasteiger partial charge in [0.1, 0.15) is 17.3 Å². The van der Waals surface area contributed by atoms with Gasteiger partial charge in [-0.25, -0.2) is 4.39 Å². The number of hydrogen-bond acceptors (Lipinski definition) is 2. The summed E-state index contributed by atoms with van der Waals surface area (Å²) in [5.74, 6) is 1.45. The summed E-state index contributed by atoms with van der Waals surface area (Å²) >= 11 is 0. The van der Waals surface area contributed by atoms with Crippen LogP contribution in [0, 0.1) is 12.7 Å². The van der Waals surface area contributed by atoms with Gasteiger partial charge in [-0.3, -0.25) is 4.79 Å². The maximum absolute atomic E-state index is 13.0. The lowest BCUT2D eigenvalue weighted by Gasteiger charge is -2.22. The van der Waals surface area contributed by atoms with Crippen molar-refractivity contribution in [3.63, 3.8) is 0 Å². The Morgan fingerprint density at radius 3 is 2.43 bits per heavy atom. The van der Waals surface area contributed by atoms with Crippen LogP contribution in [0.2, 0.25) is 0 Å². The first kappa shape index (κ1) is 17.3. The van der Waals surface area contributed by atoms with Gasteiger partial charge in [0.05, 0.1) is 6.54 Å². The number of benzene rings is 1. The number of furan rings is 1. The van der Waals surface area contributed by atoms with E-state index in [9.17, 15) is 9.18 Å². The van der Waals surface area contributed by atoms with Crippen LogP contribution in [0.25, 0.3) is 0 Å². The van der Waals surface area contributed by atoms with Gasteiger partial charge in [0, 0.05) is 13.0 Å². The molecule has 0 aliphatic carbocycles. The molecule has 2 aromatic rings. The van der Waals surface area contributed by atoms with Crippen LogP contribution >= 0.6 is 0 Å². The minimum absolute atomic E-state index is 0.108. The summed E-state index contributed by atoms with van der Waals surface area (Å²) in [6.07, 6.45) is 3.57. The third kappa shape index (κ3) is 5.55. The zero-order valence-corrected chi connectivity index (χ0v) is 13.8. The summed E-state index contributed by atoms with van der Waals surface area (Å²) in [5, 5.41) is 0. The minimum Gasteiger partial charge on any atom is -0.464 e. The molecule has 124 valence electrons. The number of amides is 1. The Kier molecular flexibility index (Phi) is 6.39. The van der Waals surface area contributed by atoms with Gasteiger partial charge in [0.25, 0.3) is 0 Å². The lowest BCUT2D eigenvalue weighted by Crippen LogP contribution is -2.29. The van der Waals surface area contributed by atoms with Crippen LogP contribution in [0.1, 0.15) is 49.7 Å². The number of rotatable bonds is 8. The van der Waals surface area contributed by atoms with Crippen LogP contribution in [0.3, 0.4) is 0 Å². The molecule has 23 heavy (non-hydrogen) atoms. The Bertz CT molecular complexity index is 619. The zero-order valence-electron chi connectivity index (χ0n) is 13.8. The van der Waals surface area contributed by atoms with E-state index in [1.54, 1.807) is 17.0 Å². The SMILES string of the molecule is CCCCCC(=O)N(Cc1ccc(F)cc1)Cc1ccc(C)o1. The Balaban J connectivity index is 2.06. The number of carbonyl (C=O) groups excluding carboxylic acids is 1. The molecule has 0 atom stereocenters. The van der Waals surface area contributed by atoms with Crippen LogP contribution in [0.15, 0.2) is 40.8 Å². The standard InChI is InChI=1S/C19H24FNO2/c1-3-4-5-6-19(22)21(14-18-12-7-15(2)23-18)13-16-8-10-17(20)11-9-16/h7-12H,3-6,13-14H2,1-2H3. The molecule has 0 N–H and O–H groups in total. The Labute approximate surface area is 137 Å². The van der Waals surface area contributed by atoms with Crippen molar-refractivity contribution in [2.24, 2.45) is 0 Å². The summed E-state index contributed by atoms with van der Waals surface area (Å²) in [6.45, 7) is 4.91. The van der Waals surface area contributed by atoms with Crippen molar-refractivity contribution in [2.45, 2.75) is 52.6 Å². The number of halogens is 1. The molecule has 0 aliphatic heterocycles. The fourth-order valence-electron chi connectivity index (χ4n) is 2.49. The van der Waals surface area contributed by atoms with Gasteiger partial charge < -0.3 is 9.32 Å². The van der Waals surface area contributed by atoms with E-state index in [-0.39, 0.29) is 11.7 Å². The van der Waals surface area contributed by atoms with Crippen molar-refractivity contribution in [2.75, 3.05) is 0 Å². The lowest BCUT2D eigenvalue weighted by atomic mass is 10.1. The molecule has 0 bridgehead atoms. The predicted octanol–water partition coefficient (Wildman–Crippen LogP) is 4.84. The van der Waals surface area contributed by atoms with Gasteiger partial charge in [-0.05, 0) is 43.2 Å². The summed E-state index contributed by atoms with van der Waals surface area (Å²) < 4.78 is 18.6. The Morgan fingerprint density at radius 2 is 1.83 bits per heavy atom. The van der Waals surface area contributed by atoms with E-state index >= 15 is 0 Å². The second kappa shape index (κ2) is 8.51. The first-order valence-electron chi connectivity index (χ1n) is 8.16. The van der Waals surface area contributed by atoms with Gasteiger partial charge in [0.15, 0.2) is 0 Å². The largest absolute Gasteiger partial charge is 0.464 e. The first-order valence-corrected chi connectivity index (χ1v) is 8.16. The summed E-state index contributed by atoms with van der Waals surface area (Å²) in [7, 11) is 0. The molecule has 1 heterocycles. The quantitative estimate of drug-likeness (QED) is 0.653. The highest BCUT2D eigenvalue weighted by atomic mass is 19.1. The lowest BCUT2D eigenvalue weighted by molar-refractivity contribution is -0.132. The summed E-state index contributed by atoms with van der Waals surface area (Å²) in [4.78, 5) is 14.3. The second-order valence-corrected chi connectivity index (χ2v) is 5.85. The van der Waals surface area contributed by atoms with Crippen molar-refractivity contribution in [3.05, 3.63) is 59.3 Å². The molecule has 1 amide bonds. The number of aryl methyl sites for hydroxylation is 1.